The van der Waals surface area contributed by atoms with Crippen molar-refractivity contribution in [3.05, 3.63) is 0 Å². The second kappa shape index (κ2) is 7.04. The van der Waals surface area contributed by atoms with Crippen LogP contribution in [0.5, 0.6) is 0 Å². The highest BCUT2D eigenvalue weighted by Crippen LogP contribution is 2.28. The zero-order chi connectivity index (χ0) is 13.7. The van der Waals surface area contributed by atoms with Crippen molar-refractivity contribution in [2.75, 3.05) is 18.6 Å². The van der Waals surface area contributed by atoms with E-state index in [0.29, 0.717) is 18.7 Å². The van der Waals surface area contributed by atoms with Gasteiger partial charge in [0.25, 0.3) is 0 Å². The highest BCUT2D eigenvalue weighted by Gasteiger charge is 2.41. The van der Waals surface area contributed by atoms with Crippen LogP contribution in [0.2, 0.25) is 0 Å². The molecule has 0 spiro atoms. The van der Waals surface area contributed by atoms with E-state index in [-0.39, 0.29) is 22.7 Å². The van der Waals surface area contributed by atoms with Crippen molar-refractivity contribution >= 4 is 40.5 Å². The Hall–Kier alpha value is -0.690. The average Bonchev–Trinajstić information content (AvgIpc) is 2.71. The predicted octanol–water partition coefficient (Wildman–Crippen LogP) is 1.07. The molecule has 1 aliphatic rings. The number of thioether (sulfide) groups is 2. The average molecular weight is 291 g/mol. The fourth-order valence-corrected chi connectivity index (χ4v) is 3.43. The van der Waals surface area contributed by atoms with Gasteiger partial charge in [-0.1, -0.05) is 11.8 Å². The van der Waals surface area contributed by atoms with Gasteiger partial charge in [-0.25, -0.2) is 4.79 Å². The lowest BCUT2D eigenvalue weighted by atomic mass is 10.2. The summed E-state index contributed by atoms with van der Waals surface area (Å²) < 4.78 is 0. The van der Waals surface area contributed by atoms with Crippen LogP contribution < -0.4 is 0 Å². The molecule has 102 valence electrons. The molecule has 0 aromatic carbocycles. The number of aliphatic carboxylic acids is 1. The molecule has 5 nitrogen and oxygen atoms in total. The second-order valence-electron chi connectivity index (χ2n) is 4.02. The van der Waals surface area contributed by atoms with Gasteiger partial charge in [0.15, 0.2) is 5.12 Å². The number of amides is 1. The third-order valence-electron chi connectivity index (χ3n) is 2.84. The van der Waals surface area contributed by atoms with Gasteiger partial charge in [-0.05, 0) is 12.7 Å². The van der Waals surface area contributed by atoms with Crippen LogP contribution in [-0.2, 0) is 14.4 Å². The first-order chi connectivity index (χ1) is 8.47. The first-order valence-electron chi connectivity index (χ1n) is 5.65. The number of carboxylic acids is 1. The smallest absolute Gasteiger partial charge is 0.327 e. The predicted molar refractivity (Wildman–Crippen MR) is 72.8 cm³/mol. The third-order valence-corrected chi connectivity index (χ3v) is 4.75. The SMILES string of the molecule is CS[C@H]1CCN(C(=O)CCSC(C)=O)[C@@H]1C(=O)O. The molecular formula is C11H17NO4S2. The van der Waals surface area contributed by atoms with E-state index < -0.39 is 12.0 Å². The molecule has 1 amide bonds. The van der Waals surface area contributed by atoms with Crippen LogP contribution in [0.3, 0.4) is 0 Å². The fourth-order valence-electron chi connectivity index (χ4n) is 2.01. The lowest BCUT2D eigenvalue weighted by Crippen LogP contribution is -2.44. The Kier molecular flexibility index (Phi) is 6.01. The first kappa shape index (κ1) is 15.4. The van der Waals surface area contributed by atoms with E-state index in [9.17, 15) is 19.5 Å². The van der Waals surface area contributed by atoms with Gasteiger partial charge in [0.2, 0.25) is 5.91 Å². The highest BCUT2D eigenvalue weighted by atomic mass is 32.2. The Morgan fingerprint density at radius 3 is 2.56 bits per heavy atom. The number of likely N-dealkylation sites (tertiary alicyclic amines) is 1. The Bertz CT molecular complexity index is 348. The minimum atomic E-state index is -0.945. The van der Waals surface area contributed by atoms with Crippen molar-refractivity contribution in [1.29, 1.82) is 0 Å². The quantitative estimate of drug-likeness (QED) is 0.817. The van der Waals surface area contributed by atoms with E-state index in [1.807, 2.05) is 6.26 Å². The van der Waals surface area contributed by atoms with Crippen LogP contribution in [0.4, 0.5) is 0 Å². The number of hydrogen-bond donors (Lipinski definition) is 1. The van der Waals surface area contributed by atoms with Gasteiger partial charge in [-0.3, -0.25) is 9.59 Å². The first-order valence-corrected chi connectivity index (χ1v) is 7.93. The molecule has 0 aromatic heterocycles. The van der Waals surface area contributed by atoms with Crippen molar-refractivity contribution in [3.63, 3.8) is 0 Å². The summed E-state index contributed by atoms with van der Waals surface area (Å²) in [4.78, 5) is 35.3. The Balaban J connectivity index is 2.56. The summed E-state index contributed by atoms with van der Waals surface area (Å²) in [7, 11) is 0. The summed E-state index contributed by atoms with van der Waals surface area (Å²) in [6.45, 7) is 1.95. The molecule has 0 aromatic rings. The molecule has 0 saturated carbocycles. The normalized spacial score (nSPS) is 23.1. The van der Waals surface area contributed by atoms with Crippen LogP contribution in [0, 0.1) is 0 Å². The number of carboxylic acid groups (broad SMARTS) is 1. The molecule has 1 heterocycles. The van der Waals surface area contributed by atoms with Crippen molar-refractivity contribution in [2.24, 2.45) is 0 Å². The highest BCUT2D eigenvalue weighted by molar-refractivity contribution is 8.13. The van der Waals surface area contributed by atoms with Crippen molar-refractivity contribution in [3.8, 4) is 0 Å². The third kappa shape index (κ3) is 3.91. The van der Waals surface area contributed by atoms with Crippen LogP contribution in [0.1, 0.15) is 19.8 Å². The van der Waals surface area contributed by atoms with E-state index in [1.165, 1.54) is 23.6 Å². The van der Waals surface area contributed by atoms with E-state index in [2.05, 4.69) is 0 Å². The Morgan fingerprint density at radius 2 is 2.06 bits per heavy atom. The molecule has 0 bridgehead atoms. The molecule has 7 heteroatoms. The minimum absolute atomic E-state index is 0.0269. The number of hydrogen-bond acceptors (Lipinski definition) is 5. The summed E-state index contributed by atoms with van der Waals surface area (Å²) in [6.07, 6.45) is 2.79. The molecule has 18 heavy (non-hydrogen) atoms. The lowest BCUT2D eigenvalue weighted by Gasteiger charge is -2.23. The van der Waals surface area contributed by atoms with Gasteiger partial charge in [0, 0.05) is 30.9 Å². The minimum Gasteiger partial charge on any atom is -0.480 e. The van der Waals surface area contributed by atoms with E-state index in [0.717, 1.165) is 11.8 Å². The monoisotopic (exact) mass is 291 g/mol. The van der Waals surface area contributed by atoms with Gasteiger partial charge < -0.3 is 10.0 Å². The maximum absolute atomic E-state index is 11.9. The fraction of sp³-hybridized carbons (Fsp3) is 0.727. The summed E-state index contributed by atoms with van der Waals surface area (Å²) >= 11 is 2.58. The molecule has 2 atom stereocenters. The molecule has 0 radical (unpaired) electrons. The van der Waals surface area contributed by atoms with Crippen molar-refractivity contribution < 1.29 is 19.5 Å². The molecule has 0 unspecified atom stereocenters. The van der Waals surface area contributed by atoms with Crippen LogP contribution >= 0.6 is 23.5 Å². The van der Waals surface area contributed by atoms with Crippen molar-refractivity contribution in [2.45, 2.75) is 31.1 Å². The maximum atomic E-state index is 11.9. The largest absolute Gasteiger partial charge is 0.480 e. The molecular weight excluding hydrogens is 274 g/mol. The lowest BCUT2D eigenvalue weighted by molar-refractivity contribution is -0.147. The van der Waals surface area contributed by atoms with Crippen LogP contribution in [0.15, 0.2) is 0 Å². The number of carbonyl (C=O) groups is 3. The number of rotatable bonds is 5. The number of nitrogens with zero attached hydrogens (tertiary/aromatic N) is 1. The molecule has 1 rings (SSSR count). The molecule has 1 saturated heterocycles. The zero-order valence-electron chi connectivity index (χ0n) is 10.4. The van der Waals surface area contributed by atoms with Gasteiger partial charge in [0.1, 0.15) is 6.04 Å². The maximum Gasteiger partial charge on any atom is 0.327 e. The van der Waals surface area contributed by atoms with Gasteiger partial charge in [-0.15, -0.1) is 0 Å². The molecule has 1 aliphatic heterocycles. The van der Waals surface area contributed by atoms with Gasteiger partial charge >= 0.3 is 5.97 Å². The summed E-state index contributed by atoms with van der Waals surface area (Å²) in [5, 5.41) is 9.12. The van der Waals surface area contributed by atoms with Gasteiger partial charge in [0.05, 0.1) is 0 Å². The summed E-state index contributed by atoms with van der Waals surface area (Å²) in [5.74, 6) is -0.701. The summed E-state index contributed by atoms with van der Waals surface area (Å²) in [5.41, 5.74) is 0. The second-order valence-corrected chi connectivity index (χ2v) is 6.37. The van der Waals surface area contributed by atoms with Crippen LogP contribution in [0.25, 0.3) is 0 Å². The Morgan fingerprint density at radius 1 is 1.39 bits per heavy atom. The molecule has 0 aliphatic carbocycles. The van der Waals surface area contributed by atoms with E-state index >= 15 is 0 Å². The van der Waals surface area contributed by atoms with Crippen molar-refractivity contribution in [1.82, 2.24) is 4.90 Å². The van der Waals surface area contributed by atoms with Gasteiger partial charge in [-0.2, -0.15) is 11.8 Å². The standard InChI is InChI=1S/C11H17NO4S2/c1-7(13)18-6-4-9(14)12-5-3-8(17-2)10(12)11(15)16/h8,10H,3-6H2,1-2H3,(H,15,16)/t8-,10-/m0/s1. The molecule has 1 N–H and O–H groups in total. The van der Waals surface area contributed by atoms with Crippen LogP contribution in [-0.4, -0.2) is 56.8 Å². The summed E-state index contributed by atoms with van der Waals surface area (Å²) in [6, 6.07) is -0.727. The zero-order valence-corrected chi connectivity index (χ0v) is 12.1. The number of carbonyl (C=O) groups excluding carboxylic acids is 2. The topological polar surface area (TPSA) is 74.7 Å². The van der Waals surface area contributed by atoms with E-state index in [1.54, 1.807) is 0 Å². The molecule has 1 fully saturated rings. The Labute approximate surface area is 115 Å². The van der Waals surface area contributed by atoms with E-state index in [4.69, 9.17) is 0 Å².